The number of fused-ring (bicyclic) bond motifs is 4. The number of aliphatic hydroxyl groups excluding tert-OH is 1. The SMILES string of the molecule is C[C@H]1[C@H]([Si](C)(C)F)[C@@H](CC(=O)N2Cc3ccccc3C[C@H]2CO)O[C@]12C(=O)N(Cc1cccc(NC(=O)Cc3c[nH]c4ccccc34)c1)c1ccc(Br)cc12. The number of hydrogen-bond donors (Lipinski definition) is 3. The zero-order valence-electron chi connectivity index (χ0n) is 31.0. The molecule has 0 radical (unpaired) electrons. The summed E-state index contributed by atoms with van der Waals surface area (Å²) in [6.45, 7) is 5.47. The second-order valence-electron chi connectivity index (χ2n) is 15.6. The number of nitrogens with one attached hydrogen (secondary N) is 2. The molecule has 3 amide bonds. The summed E-state index contributed by atoms with van der Waals surface area (Å²) in [5.74, 6) is -1.27. The van der Waals surface area contributed by atoms with E-state index in [2.05, 4.69) is 26.2 Å². The van der Waals surface area contributed by atoms with Crippen LogP contribution in [-0.2, 0) is 50.7 Å². The van der Waals surface area contributed by atoms with Gasteiger partial charge in [-0.25, -0.2) is 0 Å². The van der Waals surface area contributed by atoms with Gasteiger partial charge in [0.2, 0.25) is 20.2 Å². The molecule has 0 bridgehead atoms. The lowest BCUT2D eigenvalue weighted by Crippen LogP contribution is -2.48. The fraction of sp³-hybridized carbons (Fsp3) is 0.326. The number of benzene rings is 4. The van der Waals surface area contributed by atoms with Gasteiger partial charge in [-0.3, -0.25) is 14.4 Å². The minimum Gasteiger partial charge on any atom is -0.394 e. The highest BCUT2D eigenvalue weighted by molar-refractivity contribution is 9.10. The van der Waals surface area contributed by atoms with Crippen LogP contribution in [0.5, 0.6) is 0 Å². The molecule has 3 N–H and O–H groups in total. The molecule has 3 aliphatic rings. The minimum atomic E-state index is -3.54. The molecule has 0 unspecified atom stereocenters. The summed E-state index contributed by atoms with van der Waals surface area (Å²) in [5.41, 5.74) is 4.52. The number of ether oxygens (including phenoxy) is 1. The second-order valence-corrected chi connectivity index (χ2v) is 20.4. The first kappa shape index (κ1) is 37.3. The Morgan fingerprint density at radius 3 is 2.58 bits per heavy atom. The van der Waals surface area contributed by atoms with Crippen LogP contribution in [0.4, 0.5) is 15.5 Å². The van der Waals surface area contributed by atoms with Crippen molar-refractivity contribution in [2.45, 2.75) is 75.7 Å². The van der Waals surface area contributed by atoms with Crippen molar-refractivity contribution in [2.75, 3.05) is 16.8 Å². The van der Waals surface area contributed by atoms with Gasteiger partial charge in [-0.05, 0) is 78.2 Å². The molecule has 1 fully saturated rings. The lowest BCUT2D eigenvalue weighted by molar-refractivity contribution is -0.151. The Hall–Kier alpha value is -4.62. The molecule has 0 aliphatic carbocycles. The summed E-state index contributed by atoms with van der Waals surface area (Å²) >= 11 is 3.60. The van der Waals surface area contributed by atoms with Crippen molar-refractivity contribution < 1.29 is 28.3 Å². The molecule has 1 spiro atoms. The number of anilines is 2. The molecule has 0 saturated carbocycles. The fourth-order valence-corrected chi connectivity index (χ4v) is 12.1. The molecule has 12 heteroatoms. The van der Waals surface area contributed by atoms with Crippen LogP contribution in [0, 0.1) is 5.92 Å². The van der Waals surface area contributed by atoms with Crippen molar-refractivity contribution in [1.29, 1.82) is 0 Å². The van der Waals surface area contributed by atoms with E-state index in [0.717, 1.165) is 37.6 Å². The maximum absolute atomic E-state index is 16.6. The Morgan fingerprint density at radius 1 is 1.04 bits per heavy atom. The monoisotopic (exact) mass is 822 g/mol. The lowest BCUT2D eigenvalue weighted by Gasteiger charge is -2.37. The number of hydrogen-bond acceptors (Lipinski definition) is 5. The average molecular weight is 824 g/mol. The molecule has 1 saturated heterocycles. The highest BCUT2D eigenvalue weighted by atomic mass is 79.9. The number of carbonyl (C=O) groups excluding carboxylic acids is 3. The summed E-state index contributed by atoms with van der Waals surface area (Å²) in [5, 5.41) is 14.3. The van der Waals surface area contributed by atoms with Crippen molar-refractivity contribution in [2.24, 2.45) is 5.92 Å². The molecule has 5 atom stereocenters. The van der Waals surface area contributed by atoms with Crippen LogP contribution in [0.2, 0.25) is 18.6 Å². The standard InChI is InChI=1S/C43H44BrFN4O5Si/c1-26-41(55(2,3)45)38(21-40(52)48-24-29-11-5-4-10-28(29)18-33(48)25-50)54-43(26)35-20-31(44)15-16-37(35)49(42(43)53)23-27-9-8-12-32(17-27)47-39(51)19-30-22-46-36-14-7-6-13-34(30)36/h4-17,20,22,26,33,38,41,46,50H,18-19,21,23-25H2,1-3H3,(H,47,51)/t26-,33-,38+,41-,43+/m0/s1. The number of amides is 3. The van der Waals surface area contributed by atoms with E-state index in [0.29, 0.717) is 29.9 Å². The van der Waals surface area contributed by atoms with Gasteiger partial charge in [0.1, 0.15) is 0 Å². The van der Waals surface area contributed by atoms with Crippen molar-refractivity contribution in [3.05, 3.63) is 129 Å². The molecule has 284 valence electrons. The number of aromatic nitrogens is 1. The predicted octanol–water partition coefficient (Wildman–Crippen LogP) is 7.77. The maximum atomic E-state index is 16.6. The highest BCUT2D eigenvalue weighted by Gasteiger charge is 2.67. The summed E-state index contributed by atoms with van der Waals surface area (Å²) in [6.07, 6.45) is 1.63. The molecular formula is C43H44BrFN4O5Si. The van der Waals surface area contributed by atoms with Gasteiger partial charge in [0.05, 0.1) is 43.8 Å². The molecule has 55 heavy (non-hydrogen) atoms. The van der Waals surface area contributed by atoms with Crippen molar-refractivity contribution >= 4 is 64.3 Å². The quantitative estimate of drug-likeness (QED) is 0.104. The Balaban J connectivity index is 1.05. The molecule has 5 aromatic rings. The molecule has 4 heterocycles. The third kappa shape index (κ3) is 6.72. The Morgan fingerprint density at radius 2 is 1.80 bits per heavy atom. The Labute approximate surface area is 329 Å². The van der Waals surface area contributed by atoms with Crippen LogP contribution >= 0.6 is 15.9 Å². The predicted molar refractivity (Wildman–Crippen MR) is 217 cm³/mol. The van der Waals surface area contributed by atoms with Crippen LogP contribution < -0.4 is 10.2 Å². The van der Waals surface area contributed by atoms with E-state index < -0.39 is 37.6 Å². The van der Waals surface area contributed by atoms with E-state index in [-0.39, 0.29) is 43.7 Å². The van der Waals surface area contributed by atoms with Crippen LogP contribution in [0.1, 0.15) is 41.2 Å². The smallest absolute Gasteiger partial charge is 0.264 e. The van der Waals surface area contributed by atoms with E-state index in [1.54, 1.807) is 22.9 Å². The van der Waals surface area contributed by atoms with Gasteiger partial charge in [0.15, 0.2) is 5.60 Å². The Bertz CT molecular complexity index is 2310. The number of H-pyrrole nitrogens is 1. The van der Waals surface area contributed by atoms with Gasteiger partial charge in [0.25, 0.3) is 5.91 Å². The molecule has 3 aliphatic heterocycles. The third-order valence-corrected chi connectivity index (χ3v) is 14.7. The number of rotatable bonds is 9. The summed E-state index contributed by atoms with van der Waals surface area (Å²) in [6, 6.07) is 28.4. The fourth-order valence-electron chi connectivity index (χ4n) is 9.29. The number of para-hydroxylation sites is 1. The van der Waals surface area contributed by atoms with Crippen LogP contribution in [-0.4, -0.2) is 59.9 Å². The van der Waals surface area contributed by atoms with Gasteiger partial charge in [-0.15, -0.1) is 0 Å². The molecule has 4 aromatic carbocycles. The van der Waals surface area contributed by atoms with E-state index in [1.165, 1.54) is 0 Å². The molecule has 1 aromatic heterocycles. The number of aliphatic hydroxyl groups is 1. The largest absolute Gasteiger partial charge is 0.394 e. The number of carbonyl (C=O) groups is 3. The van der Waals surface area contributed by atoms with Gasteiger partial charge in [-0.2, -0.15) is 0 Å². The summed E-state index contributed by atoms with van der Waals surface area (Å²) < 4.78 is 24.2. The lowest BCUT2D eigenvalue weighted by atomic mass is 9.82. The van der Waals surface area contributed by atoms with Crippen molar-refractivity contribution in [3.63, 3.8) is 0 Å². The maximum Gasteiger partial charge on any atom is 0.264 e. The zero-order valence-corrected chi connectivity index (χ0v) is 33.6. The topological polar surface area (TPSA) is 115 Å². The van der Waals surface area contributed by atoms with Gasteiger partial charge in [0, 0.05) is 50.8 Å². The van der Waals surface area contributed by atoms with E-state index >= 15 is 4.11 Å². The summed E-state index contributed by atoms with van der Waals surface area (Å²) in [7, 11) is -3.54. The third-order valence-electron chi connectivity index (χ3n) is 11.8. The Kier molecular flexibility index (Phi) is 9.81. The first-order valence-corrected chi connectivity index (χ1v) is 22.5. The summed E-state index contributed by atoms with van der Waals surface area (Å²) in [4.78, 5) is 48.9. The molecular weight excluding hydrogens is 779 g/mol. The normalized spacial score (nSPS) is 23.3. The molecule has 9 nitrogen and oxygen atoms in total. The van der Waals surface area contributed by atoms with E-state index in [1.807, 2.05) is 104 Å². The average Bonchev–Trinajstić information content (AvgIpc) is 3.77. The van der Waals surface area contributed by atoms with Gasteiger partial charge >= 0.3 is 0 Å². The number of aromatic amines is 1. The first-order valence-electron chi connectivity index (χ1n) is 18.8. The number of nitrogens with zero attached hydrogens (tertiary/aromatic N) is 2. The van der Waals surface area contributed by atoms with E-state index in [4.69, 9.17) is 4.74 Å². The molecule has 8 rings (SSSR count). The number of halogens is 2. The van der Waals surface area contributed by atoms with Crippen LogP contribution in [0.25, 0.3) is 10.9 Å². The van der Waals surface area contributed by atoms with Crippen molar-refractivity contribution in [1.82, 2.24) is 9.88 Å². The van der Waals surface area contributed by atoms with Gasteiger partial charge < -0.3 is 34.1 Å². The second kappa shape index (κ2) is 14.5. The first-order chi connectivity index (χ1) is 26.4. The van der Waals surface area contributed by atoms with Crippen LogP contribution in [0.3, 0.4) is 0 Å². The van der Waals surface area contributed by atoms with Gasteiger partial charge in [-0.1, -0.05) is 77.5 Å². The highest BCUT2D eigenvalue weighted by Crippen LogP contribution is 2.60. The van der Waals surface area contributed by atoms with Crippen LogP contribution in [0.15, 0.2) is 102 Å². The van der Waals surface area contributed by atoms with E-state index in [9.17, 15) is 19.5 Å². The minimum absolute atomic E-state index is 0.104. The zero-order chi connectivity index (χ0) is 38.6. The van der Waals surface area contributed by atoms with Crippen molar-refractivity contribution in [3.8, 4) is 0 Å².